The maximum absolute atomic E-state index is 11.3. The normalized spacial score (nSPS) is 10.4. The fourth-order valence-electron chi connectivity index (χ4n) is 2.37. The van der Waals surface area contributed by atoms with Crippen LogP contribution in [0, 0.1) is 0 Å². The molecule has 0 aromatic heterocycles. The highest BCUT2D eigenvalue weighted by molar-refractivity contribution is 5.78. The number of hydrogen-bond donors (Lipinski definition) is 0. The highest BCUT2D eigenvalue weighted by Gasteiger charge is 2.04. The summed E-state index contributed by atoms with van der Waals surface area (Å²) in [4.78, 5) is 11.3. The van der Waals surface area contributed by atoms with Crippen LogP contribution in [0.4, 0.5) is 0 Å². The van der Waals surface area contributed by atoms with Crippen molar-refractivity contribution in [2.75, 3.05) is 0 Å². The second-order valence-corrected chi connectivity index (χ2v) is 4.99. The molecule has 0 bridgehead atoms. The minimum Gasteiger partial charge on any atom is -0.300 e. The summed E-state index contributed by atoms with van der Waals surface area (Å²) in [5, 5.41) is 0. The molecule has 0 spiro atoms. The van der Waals surface area contributed by atoms with Crippen molar-refractivity contribution >= 4 is 5.78 Å². The first-order chi connectivity index (χ1) is 9.25. The van der Waals surface area contributed by atoms with Gasteiger partial charge < -0.3 is 0 Å². The minimum absolute atomic E-state index is 0.232. The predicted octanol–water partition coefficient (Wildman–Crippen LogP) is 3.99. The zero-order valence-electron chi connectivity index (χ0n) is 11.4. The number of rotatable bonds is 6. The second-order valence-electron chi connectivity index (χ2n) is 4.99. The van der Waals surface area contributed by atoms with E-state index in [9.17, 15) is 4.79 Å². The number of benzene rings is 2. The molecule has 0 aliphatic carbocycles. The Morgan fingerprint density at radius 3 is 2.16 bits per heavy atom. The van der Waals surface area contributed by atoms with Crippen LogP contribution >= 0.6 is 0 Å². The molecule has 0 N–H and O–H groups in total. The fourth-order valence-corrected chi connectivity index (χ4v) is 2.37. The van der Waals surface area contributed by atoms with Crippen LogP contribution in [0.15, 0.2) is 54.6 Å². The van der Waals surface area contributed by atoms with Crippen molar-refractivity contribution in [1.29, 1.82) is 0 Å². The molecule has 0 heterocycles. The molecule has 0 aliphatic heterocycles. The van der Waals surface area contributed by atoms with Crippen molar-refractivity contribution in [3.8, 4) is 0 Å². The van der Waals surface area contributed by atoms with Gasteiger partial charge in [0.05, 0.1) is 0 Å². The van der Waals surface area contributed by atoms with Gasteiger partial charge in [0.2, 0.25) is 0 Å². The summed E-state index contributed by atoms with van der Waals surface area (Å²) in [5.74, 6) is 0.232. The molecule has 0 radical (unpaired) electrons. The lowest BCUT2D eigenvalue weighted by atomic mass is 9.97. The highest BCUT2D eigenvalue weighted by atomic mass is 16.1. The second kappa shape index (κ2) is 6.89. The monoisotopic (exact) mass is 252 g/mol. The molecule has 1 nitrogen and oxygen atoms in total. The Bertz CT molecular complexity index is 528. The van der Waals surface area contributed by atoms with Crippen LogP contribution in [0.3, 0.4) is 0 Å². The molecule has 0 fully saturated rings. The van der Waals surface area contributed by atoms with Crippen molar-refractivity contribution in [2.24, 2.45) is 0 Å². The summed E-state index contributed by atoms with van der Waals surface area (Å²) in [6, 6.07) is 18.8. The summed E-state index contributed by atoms with van der Waals surface area (Å²) >= 11 is 0. The minimum atomic E-state index is 0.232. The van der Waals surface area contributed by atoms with Crippen LogP contribution in [0.2, 0.25) is 0 Å². The lowest BCUT2D eigenvalue weighted by Crippen LogP contribution is -2.01. The standard InChI is InChI=1S/C18H20O/c1-15(19)14-18-12-6-5-11-17(18)13-7-10-16-8-3-2-4-9-16/h2-6,8-9,11-12H,7,10,13-14H2,1H3. The van der Waals surface area contributed by atoms with Gasteiger partial charge >= 0.3 is 0 Å². The summed E-state index contributed by atoms with van der Waals surface area (Å²) < 4.78 is 0. The Kier molecular flexibility index (Phi) is 4.91. The van der Waals surface area contributed by atoms with E-state index in [1.54, 1.807) is 6.92 Å². The molecule has 19 heavy (non-hydrogen) atoms. The van der Waals surface area contributed by atoms with Crippen LogP contribution in [0.1, 0.15) is 30.0 Å². The Labute approximate surface area is 115 Å². The predicted molar refractivity (Wildman–Crippen MR) is 79.3 cm³/mol. The fraction of sp³-hybridized carbons (Fsp3) is 0.278. The molecule has 0 unspecified atom stereocenters. The molecule has 2 aromatic carbocycles. The zero-order valence-corrected chi connectivity index (χ0v) is 11.4. The van der Waals surface area contributed by atoms with Gasteiger partial charge in [0.25, 0.3) is 0 Å². The molecule has 1 heteroatoms. The van der Waals surface area contributed by atoms with E-state index in [-0.39, 0.29) is 5.78 Å². The van der Waals surface area contributed by atoms with Crippen molar-refractivity contribution in [3.63, 3.8) is 0 Å². The maximum atomic E-state index is 11.3. The van der Waals surface area contributed by atoms with Crippen molar-refractivity contribution in [1.82, 2.24) is 0 Å². The third-order valence-electron chi connectivity index (χ3n) is 3.31. The summed E-state index contributed by atoms with van der Waals surface area (Å²) in [7, 11) is 0. The van der Waals surface area contributed by atoms with E-state index in [2.05, 4.69) is 42.5 Å². The molecular formula is C18H20O. The van der Waals surface area contributed by atoms with E-state index < -0.39 is 0 Å². The largest absolute Gasteiger partial charge is 0.300 e. The number of aryl methyl sites for hydroxylation is 2. The van der Waals surface area contributed by atoms with Crippen LogP contribution in [-0.4, -0.2) is 5.78 Å². The van der Waals surface area contributed by atoms with Gasteiger partial charge in [-0.15, -0.1) is 0 Å². The van der Waals surface area contributed by atoms with E-state index in [1.807, 2.05) is 12.1 Å². The highest BCUT2D eigenvalue weighted by Crippen LogP contribution is 2.14. The number of Topliss-reactive ketones (excluding diaryl/α,β-unsaturated/α-hetero) is 1. The third kappa shape index (κ3) is 4.36. The molecule has 2 rings (SSSR count). The average Bonchev–Trinajstić information content (AvgIpc) is 2.41. The molecular weight excluding hydrogens is 232 g/mol. The first-order valence-corrected chi connectivity index (χ1v) is 6.86. The first kappa shape index (κ1) is 13.5. The topological polar surface area (TPSA) is 17.1 Å². The number of carbonyl (C=O) groups excluding carboxylic acids is 1. The van der Waals surface area contributed by atoms with Gasteiger partial charge in [-0.3, -0.25) is 4.79 Å². The number of ketones is 1. The summed E-state index contributed by atoms with van der Waals surface area (Å²) in [6.45, 7) is 1.65. The molecule has 2 aromatic rings. The van der Waals surface area contributed by atoms with E-state index in [4.69, 9.17) is 0 Å². The Morgan fingerprint density at radius 2 is 1.47 bits per heavy atom. The Hall–Kier alpha value is -1.89. The number of carbonyl (C=O) groups is 1. The van der Waals surface area contributed by atoms with Gasteiger partial charge in [-0.1, -0.05) is 54.6 Å². The Balaban J connectivity index is 1.94. The first-order valence-electron chi connectivity index (χ1n) is 6.86. The maximum Gasteiger partial charge on any atom is 0.134 e. The lowest BCUT2D eigenvalue weighted by molar-refractivity contribution is -0.116. The van der Waals surface area contributed by atoms with E-state index in [1.165, 1.54) is 16.7 Å². The summed E-state index contributed by atoms with van der Waals surface area (Å²) in [5.41, 5.74) is 3.88. The smallest absolute Gasteiger partial charge is 0.134 e. The quantitative estimate of drug-likeness (QED) is 0.759. The number of hydrogen-bond acceptors (Lipinski definition) is 1. The van der Waals surface area contributed by atoms with Gasteiger partial charge in [-0.05, 0) is 42.9 Å². The van der Waals surface area contributed by atoms with Gasteiger partial charge in [-0.2, -0.15) is 0 Å². The molecule has 0 saturated carbocycles. The Morgan fingerprint density at radius 1 is 0.842 bits per heavy atom. The molecule has 0 atom stereocenters. The van der Waals surface area contributed by atoms with E-state index in [0.717, 1.165) is 19.3 Å². The summed E-state index contributed by atoms with van der Waals surface area (Å²) in [6.07, 6.45) is 3.81. The SMILES string of the molecule is CC(=O)Cc1ccccc1CCCc1ccccc1. The van der Waals surface area contributed by atoms with E-state index >= 15 is 0 Å². The molecule has 0 aliphatic rings. The van der Waals surface area contributed by atoms with Gasteiger partial charge in [0.15, 0.2) is 0 Å². The third-order valence-corrected chi connectivity index (χ3v) is 3.31. The van der Waals surface area contributed by atoms with Gasteiger partial charge in [0, 0.05) is 6.42 Å². The van der Waals surface area contributed by atoms with Crippen LogP contribution < -0.4 is 0 Å². The van der Waals surface area contributed by atoms with Gasteiger partial charge in [0.1, 0.15) is 5.78 Å². The van der Waals surface area contributed by atoms with Crippen LogP contribution in [-0.2, 0) is 24.1 Å². The average molecular weight is 252 g/mol. The molecule has 98 valence electrons. The van der Waals surface area contributed by atoms with Crippen molar-refractivity contribution in [3.05, 3.63) is 71.3 Å². The lowest BCUT2D eigenvalue weighted by Gasteiger charge is -2.08. The zero-order chi connectivity index (χ0) is 13.5. The van der Waals surface area contributed by atoms with Crippen LogP contribution in [0.25, 0.3) is 0 Å². The molecule has 0 saturated heterocycles. The molecule has 0 amide bonds. The van der Waals surface area contributed by atoms with Crippen LogP contribution in [0.5, 0.6) is 0 Å². The van der Waals surface area contributed by atoms with Crippen molar-refractivity contribution in [2.45, 2.75) is 32.6 Å². The van der Waals surface area contributed by atoms with Crippen molar-refractivity contribution < 1.29 is 4.79 Å². The van der Waals surface area contributed by atoms with E-state index in [0.29, 0.717) is 6.42 Å². The van der Waals surface area contributed by atoms with Gasteiger partial charge in [-0.25, -0.2) is 0 Å².